The van der Waals surface area contributed by atoms with Gasteiger partial charge in [-0.3, -0.25) is 4.79 Å². The molecule has 29 heavy (non-hydrogen) atoms. The Morgan fingerprint density at radius 1 is 0.966 bits per heavy atom. The molecule has 0 saturated heterocycles. The summed E-state index contributed by atoms with van der Waals surface area (Å²) in [4.78, 5) is 23.4. The largest absolute Gasteiger partial charge is 0.464 e. The summed E-state index contributed by atoms with van der Waals surface area (Å²) in [5.74, 6) is -11.7. The van der Waals surface area contributed by atoms with Crippen molar-refractivity contribution in [1.82, 2.24) is 0 Å². The molecule has 1 aliphatic rings. The molecule has 1 fully saturated rings. The molecule has 1 aromatic carbocycles. The number of carbonyl (C=O) groups excluding carboxylic acids is 2. The first kappa shape index (κ1) is 22.8. The van der Waals surface area contributed by atoms with Gasteiger partial charge in [0.2, 0.25) is 5.83 Å². The fourth-order valence-electron chi connectivity index (χ4n) is 3.12. The standard InChI is InChI=1S/C19H19F5O5/c1-19(2)10(5-11(20)17(25)28-4)12(19)18(26)29-7-9-15(23)13(21)8(6-27-3)14(22)16(9)24/h5,10,12H,6-7H2,1-4H3. The van der Waals surface area contributed by atoms with Gasteiger partial charge in [0.1, 0.15) is 6.61 Å². The molecular weight excluding hydrogens is 403 g/mol. The van der Waals surface area contributed by atoms with Crippen molar-refractivity contribution in [2.75, 3.05) is 14.2 Å². The average Bonchev–Trinajstić information content (AvgIpc) is 3.22. The van der Waals surface area contributed by atoms with Gasteiger partial charge in [-0.1, -0.05) is 13.8 Å². The van der Waals surface area contributed by atoms with Crippen LogP contribution in [0.4, 0.5) is 22.0 Å². The van der Waals surface area contributed by atoms with Crippen molar-refractivity contribution in [3.05, 3.63) is 46.3 Å². The maximum atomic E-state index is 14.1. The lowest BCUT2D eigenvalue weighted by Gasteiger charge is -2.12. The predicted molar refractivity (Wildman–Crippen MR) is 88.8 cm³/mol. The maximum Gasteiger partial charge on any atom is 0.366 e. The number of rotatable bonds is 7. The lowest BCUT2D eigenvalue weighted by molar-refractivity contribution is -0.147. The van der Waals surface area contributed by atoms with Crippen molar-refractivity contribution >= 4 is 11.9 Å². The van der Waals surface area contributed by atoms with E-state index in [0.717, 1.165) is 20.3 Å². The van der Waals surface area contributed by atoms with Crippen molar-refractivity contribution in [2.45, 2.75) is 27.1 Å². The molecule has 0 N–H and O–H groups in total. The van der Waals surface area contributed by atoms with Crippen LogP contribution in [0.3, 0.4) is 0 Å². The summed E-state index contributed by atoms with van der Waals surface area (Å²) in [7, 11) is 2.08. The minimum absolute atomic E-state index is 0.693. The van der Waals surface area contributed by atoms with Crippen LogP contribution >= 0.6 is 0 Å². The summed E-state index contributed by atoms with van der Waals surface area (Å²) in [6, 6.07) is 0. The summed E-state index contributed by atoms with van der Waals surface area (Å²) in [6.45, 7) is 1.41. The van der Waals surface area contributed by atoms with E-state index in [1.807, 2.05) is 0 Å². The van der Waals surface area contributed by atoms with Crippen LogP contribution in [0.25, 0.3) is 0 Å². The minimum atomic E-state index is -1.70. The molecule has 0 heterocycles. The van der Waals surface area contributed by atoms with Crippen LogP contribution in [0.2, 0.25) is 0 Å². The minimum Gasteiger partial charge on any atom is -0.464 e. The van der Waals surface area contributed by atoms with E-state index in [2.05, 4.69) is 9.47 Å². The van der Waals surface area contributed by atoms with Crippen LogP contribution in [0, 0.1) is 40.5 Å². The van der Waals surface area contributed by atoms with E-state index in [1.54, 1.807) is 13.8 Å². The van der Waals surface area contributed by atoms with E-state index in [0.29, 0.717) is 0 Å². The Hall–Kier alpha value is -2.49. The van der Waals surface area contributed by atoms with Gasteiger partial charge >= 0.3 is 11.9 Å². The molecule has 5 nitrogen and oxygen atoms in total. The molecule has 2 rings (SSSR count). The van der Waals surface area contributed by atoms with E-state index in [9.17, 15) is 31.5 Å². The van der Waals surface area contributed by atoms with Gasteiger partial charge in [0.25, 0.3) is 0 Å². The number of hydrogen-bond acceptors (Lipinski definition) is 5. The second-order valence-corrected chi connectivity index (χ2v) is 7.08. The summed E-state index contributed by atoms with van der Waals surface area (Å²) in [6.07, 6.45) is 0.901. The first-order valence-corrected chi connectivity index (χ1v) is 8.43. The van der Waals surface area contributed by atoms with Gasteiger partial charge in [0, 0.05) is 7.11 Å². The fraction of sp³-hybridized carbons (Fsp3) is 0.474. The number of hydrogen-bond donors (Lipinski definition) is 0. The average molecular weight is 422 g/mol. The number of allylic oxidation sites excluding steroid dienone is 1. The highest BCUT2D eigenvalue weighted by Crippen LogP contribution is 2.60. The number of carbonyl (C=O) groups is 2. The Balaban J connectivity index is 2.17. The Kier molecular flexibility index (Phi) is 6.67. The second kappa shape index (κ2) is 8.48. The fourth-order valence-corrected chi connectivity index (χ4v) is 3.12. The molecule has 1 saturated carbocycles. The number of methoxy groups -OCH3 is 2. The van der Waals surface area contributed by atoms with E-state index in [-0.39, 0.29) is 0 Å². The molecule has 10 heteroatoms. The normalized spacial score (nSPS) is 20.4. The van der Waals surface area contributed by atoms with Crippen LogP contribution in [-0.2, 0) is 37.0 Å². The quantitative estimate of drug-likeness (QED) is 0.290. The zero-order valence-electron chi connectivity index (χ0n) is 16.1. The molecule has 0 radical (unpaired) electrons. The van der Waals surface area contributed by atoms with E-state index >= 15 is 0 Å². The lowest BCUT2D eigenvalue weighted by atomic mass is 10.1. The topological polar surface area (TPSA) is 61.8 Å². The van der Waals surface area contributed by atoms with Gasteiger partial charge in [-0.25, -0.2) is 22.4 Å². The van der Waals surface area contributed by atoms with Crippen molar-refractivity contribution in [3.8, 4) is 0 Å². The lowest BCUT2D eigenvalue weighted by Crippen LogP contribution is -2.15. The first-order chi connectivity index (χ1) is 13.5. The van der Waals surface area contributed by atoms with Gasteiger partial charge in [0.05, 0.1) is 30.8 Å². The zero-order valence-corrected chi connectivity index (χ0v) is 16.1. The molecule has 0 aromatic heterocycles. The molecular formula is C19H19F5O5. The van der Waals surface area contributed by atoms with Crippen LogP contribution < -0.4 is 0 Å². The smallest absolute Gasteiger partial charge is 0.366 e. The van der Waals surface area contributed by atoms with Crippen LogP contribution in [0.5, 0.6) is 0 Å². The Morgan fingerprint density at radius 3 is 1.90 bits per heavy atom. The SMILES string of the molecule is COCc1c(F)c(F)c(COC(=O)C2C(C=C(F)C(=O)OC)C2(C)C)c(F)c1F. The van der Waals surface area contributed by atoms with E-state index in [1.165, 1.54) is 0 Å². The highest BCUT2D eigenvalue weighted by atomic mass is 19.2. The number of halogens is 5. The van der Waals surface area contributed by atoms with Crippen molar-refractivity contribution in [3.63, 3.8) is 0 Å². The van der Waals surface area contributed by atoms with Gasteiger partial charge in [-0.15, -0.1) is 0 Å². The molecule has 0 amide bonds. The van der Waals surface area contributed by atoms with Crippen molar-refractivity contribution in [1.29, 1.82) is 0 Å². The summed E-state index contributed by atoms with van der Waals surface area (Å²) < 4.78 is 83.2. The maximum absolute atomic E-state index is 14.1. The van der Waals surface area contributed by atoms with Gasteiger partial charge in [-0.05, 0) is 17.4 Å². The van der Waals surface area contributed by atoms with E-state index < -0.39 is 82.6 Å². The highest BCUT2D eigenvalue weighted by Gasteiger charge is 2.62. The van der Waals surface area contributed by atoms with Gasteiger partial charge in [-0.2, -0.15) is 4.39 Å². The van der Waals surface area contributed by atoms with Crippen LogP contribution in [0.1, 0.15) is 25.0 Å². The van der Waals surface area contributed by atoms with Crippen LogP contribution in [-0.4, -0.2) is 26.2 Å². The number of benzene rings is 1. The summed E-state index contributed by atoms with van der Waals surface area (Å²) in [5.41, 5.74) is -2.83. The second-order valence-electron chi connectivity index (χ2n) is 7.08. The molecule has 2 atom stereocenters. The molecule has 0 aliphatic heterocycles. The monoisotopic (exact) mass is 422 g/mol. The zero-order chi connectivity index (χ0) is 22.1. The predicted octanol–water partition coefficient (Wildman–Crippen LogP) is 3.73. The third-order valence-corrected chi connectivity index (χ3v) is 4.96. The van der Waals surface area contributed by atoms with E-state index in [4.69, 9.17) is 4.74 Å². The van der Waals surface area contributed by atoms with Gasteiger partial charge in [0.15, 0.2) is 23.3 Å². The molecule has 160 valence electrons. The number of ether oxygens (including phenoxy) is 3. The summed E-state index contributed by atoms with van der Waals surface area (Å²) in [5, 5.41) is 0. The molecule has 1 aliphatic carbocycles. The molecule has 1 aromatic rings. The number of esters is 2. The first-order valence-electron chi connectivity index (χ1n) is 8.43. The van der Waals surface area contributed by atoms with Crippen molar-refractivity contribution in [2.24, 2.45) is 17.3 Å². The van der Waals surface area contributed by atoms with Crippen LogP contribution in [0.15, 0.2) is 11.9 Å². The Labute approximate surface area is 163 Å². The summed E-state index contributed by atoms with van der Waals surface area (Å²) >= 11 is 0. The molecule has 0 spiro atoms. The Morgan fingerprint density at radius 2 is 1.45 bits per heavy atom. The highest BCUT2D eigenvalue weighted by molar-refractivity contribution is 5.86. The third-order valence-electron chi connectivity index (χ3n) is 4.96. The molecule has 0 bridgehead atoms. The van der Waals surface area contributed by atoms with Crippen molar-refractivity contribution < 1.29 is 45.8 Å². The molecule has 2 unspecified atom stereocenters. The third kappa shape index (κ3) is 4.26. The van der Waals surface area contributed by atoms with Gasteiger partial charge < -0.3 is 14.2 Å². The Bertz CT molecular complexity index is 836.